The van der Waals surface area contributed by atoms with Crippen LogP contribution >= 0.6 is 0 Å². The number of ether oxygens (including phenoxy) is 2. The van der Waals surface area contributed by atoms with Gasteiger partial charge in [0.1, 0.15) is 5.75 Å². The summed E-state index contributed by atoms with van der Waals surface area (Å²) >= 11 is 0. The Hall–Kier alpha value is -1.10. The zero-order chi connectivity index (χ0) is 13.8. The van der Waals surface area contributed by atoms with Crippen molar-refractivity contribution >= 4 is 0 Å². The molecule has 1 fully saturated rings. The summed E-state index contributed by atoms with van der Waals surface area (Å²) in [7, 11) is 3.79. The maximum absolute atomic E-state index is 9.24. The number of rotatable bonds is 5. The molecule has 1 aromatic rings. The van der Waals surface area contributed by atoms with Crippen LogP contribution < -0.4 is 4.74 Å². The number of methoxy groups -OCH3 is 1. The summed E-state index contributed by atoms with van der Waals surface area (Å²) < 4.78 is 11.0. The number of aliphatic hydroxyl groups is 1. The van der Waals surface area contributed by atoms with Gasteiger partial charge in [-0.2, -0.15) is 0 Å². The summed E-state index contributed by atoms with van der Waals surface area (Å²) in [6, 6.07) is 6.27. The number of benzene rings is 1. The van der Waals surface area contributed by atoms with E-state index in [0.717, 1.165) is 36.4 Å². The standard InChI is InChI=1S/C15H23NO3/c1-11-14(6-7-19-11)16(2)9-13-8-12(10-17)4-5-15(13)18-3/h4-5,8,11,14,17H,6-7,9-10H2,1-3H3. The molecule has 4 nitrogen and oxygen atoms in total. The van der Waals surface area contributed by atoms with E-state index in [1.54, 1.807) is 7.11 Å². The van der Waals surface area contributed by atoms with Crippen LogP contribution in [0.4, 0.5) is 0 Å². The maximum atomic E-state index is 9.24. The predicted octanol–water partition coefficient (Wildman–Crippen LogP) is 1.80. The first kappa shape index (κ1) is 14.3. The lowest BCUT2D eigenvalue weighted by Crippen LogP contribution is -2.36. The van der Waals surface area contributed by atoms with E-state index in [1.807, 2.05) is 18.2 Å². The molecule has 4 heteroatoms. The summed E-state index contributed by atoms with van der Waals surface area (Å²) in [5, 5.41) is 9.24. The summed E-state index contributed by atoms with van der Waals surface area (Å²) in [6.07, 6.45) is 1.34. The van der Waals surface area contributed by atoms with Gasteiger partial charge in [-0.1, -0.05) is 6.07 Å². The Morgan fingerprint density at radius 3 is 2.84 bits per heavy atom. The molecule has 1 heterocycles. The van der Waals surface area contributed by atoms with E-state index in [2.05, 4.69) is 18.9 Å². The van der Waals surface area contributed by atoms with Gasteiger partial charge in [0.15, 0.2) is 0 Å². The van der Waals surface area contributed by atoms with Crippen LogP contribution in [0, 0.1) is 0 Å². The van der Waals surface area contributed by atoms with Crippen LogP contribution in [0.3, 0.4) is 0 Å². The number of hydrogen-bond donors (Lipinski definition) is 1. The Balaban J connectivity index is 2.12. The third kappa shape index (κ3) is 3.26. The fraction of sp³-hybridized carbons (Fsp3) is 0.600. The summed E-state index contributed by atoms with van der Waals surface area (Å²) in [6.45, 7) is 3.82. The zero-order valence-corrected chi connectivity index (χ0v) is 11.9. The highest BCUT2D eigenvalue weighted by molar-refractivity contribution is 5.37. The van der Waals surface area contributed by atoms with Gasteiger partial charge in [-0.05, 0) is 38.1 Å². The Morgan fingerprint density at radius 1 is 1.47 bits per heavy atom. The highest BCUT2D eigenvalue weighted by Gasteiger charge is 2.28. The predicted molar refractivity (Wildman–Crippen MR) is 74.2 cm³/mol. The van der Waals surface area contributed by atoms with E-state index in [9.17, 15) is 5.11 Å². The molecule has 0 saturated carbocycles. The van der Waals surface area contributed by atoms with Gasteiger partial charge in [-0.3, -0.25) is 4.90 Å². The maximum Gasteiger partial charge on any atom is 0.123 e. The average Bonchev–Trinajstić information content (AvgIpc) is 2.85. The van der Waals surface area contributed by atoms with Crippen LogP contribution in [-0.2, 0) is 17.9 Å². The molecule has 1 saturated heterocycles. The zero-order valence-electron chi connectivity index (χ0n) is 11.9. The molecule has 1 N–H and O–H groups in total. The second-order valence-electron chi connectivity index (χ2n) is 5.15. The van der Waals surface area contributed by atoms with E-state index in [-0.39, 0.29) is 12.7 Å². The summed E-state index contributed by atoms with van der Waals surface area (Å²) in [5.74, 6) is 0.871. The minimum atomic E-state index is 0.0592. The molecule has 19 heavy (non-hydrogen) atoms. The third-order valence-corrected chi connectivity index (χ3v) is 3.85. The SMILES string of the molecule is COc1ccc(CO)cc1CN(C)C1CCOC1C. The van der Waals surface area contributed by atoms with Crippen LogP contribution in [0.5, 0.6) is 5.75 Å². The molecule has 0 aliphatic carbocycles. The Kier molecular flexibility index (Phi) is 4.80. The lowest BCUT2D eigenvalue weighted by atomic mass is 10.1. The second kappa shape index (κ2) is 6.37. The third-order valence-electron chi connectivity index (χ3n) is 3.85. The number of nitrogens with zero attached hydrogens (tertiary/aromatic N) is 1. The van der Waals surface area contributed by atoms with E-state index in [1.165, 1.54) is 0 Å². The van der Waals surface area contributed by atoms with E-state index in [0.29, 0.717) is 6.04 Å². The molecule has 1 aliphatic rings. The molecule has 0 bridgehead atoms. The molecule has 0 aromatic heterocycles. The first-order valence-electron chi connectivity index (χ1n) is 6.74. The van der Waals surface area contributed by atoms with Gasteiger partial charge in [-0.25, -0.2) is 0 Å². The molecular formula is C15H23NO3. The monoisotopic (exact) mass is 265 g/mol. The molecule has 0 spiro atoms. The Bertz CT molecular complexity index is 422. The fourth-order valence-corrected chi connectivity index (χ4v) is 2.74. The van der Waals surface area contributed by atoms with Gasteiger partial charge in [0, 0.05) is 24.8 Å². The van der Waals surface area contributed by atoms with Gasteiger partial charge in [0.05, 0.1) is 19.8 Å². The minimum absolute atomic E-state index is 0.0592. The average molecular weight is 265 g/mol. The number of likely N-dealkylation sites (N-methyl/N-ethyl adjacent to an activating group) is 1. The molecule has 2 rings (SSSR count). The van der Waals surface area contributed by atoms with Crippen LogP contribution in [0.1, 0.15) is 24.5 Å². The van der Waals surface area contributed by atoms with Crippen molar-refractivity contribution in [3.05, 3.63) is 29.3 Å². The van der Waals surface area contributed by atoms with E-state index in [4.69, 9.17) is 9.47 Å². The van der Waals surface area contributed by atoms with Crippen molar-refractivity contribution in [3.63, 3.8) is 0 Å². The molecule has 2 atom stereocenters. The minimum Gasteiger partial charge on any atom is -0.496 e. The topological polar surface area (TPSA) is 41.9 Å². The number of aliphatic hydroxyl groups excluding tert-OH is 1. The largest absolute Gasteiger partial charge is 0.496 e. The Labute approximate surface area is 114 Å². The molecule has 1 aliphatic heterocycles. The van der Waals surface area contributed by atoms with Crippen molar-refractivity contribution < 1.29 is 14.6 Å². The molecule has 1 aromatic carbocycles. The van der Waals surface area contributed by atoms with Crippen molar-refractivity contribution in [2.45, 2.75) is 38.6 Å². The second-order valence-corrected chi connectivity index (χ2v) is 5.15. The molecule has 2 unspecified atom stereocenters. The molecule has 0 radical (unpaired) electrons. The number of hydrogen-bond acceptors (Lipinski definition) is 4. The molecule has 106 valence electrons. The van der Waals surface area contributed by atoms with Crippen molar-refractivity contribution in [2.75, 3.05) is 20.8 Å². The van der Waals surface area contributed by atoms with Crippen LogP contribution in [-0.4, -0.2) is 42.9 Å². The lowest BCUT2D eigenvalue weighted by molar-refractivity contribution is 0.0811. The summed E-state index contributed by atoms with van der Waals surface area (Å²) in [4.78, 5) is 2.30. The van der Waals surface area contributed by atoms with Crippen LogP contribution in [0.15, 0.2) is 18.2 Å². The highest BCUT2D eigenvalue weighted by atomic mass is 16.5. The van der Waals surface area contributed by atoms with E-state index >= 15 is 0 Å². The van der Waals surface area contributed by atoms with Gasteiger partial charge in [0.2, 0.25) is 0 Å². The van der Waals surface area contributed by atoms with Crippen molar-refractivity contribution in [1.29, 1.82) is 0 Å². The van der Waals surface area contributed by atoms with Crippen LogP contribution in [0.25, 0.3) is 0 Å². The van der Waals surface area contributed by atoms with Crippen LogP contribution in [0.2, 0.25) is 0 Å². The smallest absolute Gasteiger partial charge is 0.123 e. The highest BCUT2D eigenvalue weighted by Crippen LogP contribution is 2.25. The fourth-order valence-electron chi connectivity index (χ4n) is 2.74. The molecule has 0 amide bonds. The Morgan fingerprint density at radius 2 is 2.26 bits per heavy atom. The van der Waals surface area contributed by atoms with Crippen molar-refractivity contribution in [3.8, 4) is 5.75 Å². The van der Waals surface area contributed by atoms with Crippen molar-refractivity contribution in [2.24, 2.45) is 0 Å². The van der Waals surface area contributed by atoms with E-state index < -0.39 is 0 Å². The van der Waals surface area contributed by atoms with Crippen molar-refractivity contribution in [1.82, 2.24) is 4.90 Å². The molecular weight excluding hydrogens is 242 g/mol. The first-order chi connectivity index (χ1) is 9.15. The normalized spacial score (nSPS) is 23.0. The van der Waals surface area contributed by atoms with Gasteiger partial charge in [0.25, 0.3) is 0 Å². The summed E-state index contributed by atoms with van der Waals surface area (Å²) in [5.41, 5.74) is 2.02. The lowest BCUT2D eigenvalue weighted by Gasteiger charge is -2.27. The van der Waals surface area contributed by atoms with Gasteiger partial charge in [-0.15, -0.1) is 0 Å². The van der Waals surface area contributed by atoms with Gasteiger partial charge < -0.3 is 14.6 Å². The first-order valence-corrected chi connectivity index (χ1v) is 6.74. The quantitative estimate of drug-likeness (QED) is 0.881. The van der Waals surface area contributed by atoms with Gasteiger partial charge >= 0.3 is 0 Å².